The zero-order valence-corrected chi connectivity index (χ0v) is 16.2. The number of benzene rings is 3. The molecule has 0 aromatic heterocycles. The second kappa shape index (κ2) is 7.60. The first kappa shape index (κ1) is 17.9. The van der Waals surface area contributed by atoms with Crippen LogP contribution in [0.3, 0.4) is 0 Å². The molecular weight excluding hydrogens is 354 g/mol. The smallest absolute Gasteiger partial charge is 0.101 e. The van der Waals surface area contributed by atoms with Crippen molar-refractivity contribution in [2.45, 2.75) is 19.0 Å². The van der Waals surface area contributed by atoms with Crippen LogP contribution in [0.4, 0.5) is 5.69 Å². The summed E-state index contributed by atoms with van der Waals surface area (Å²) in [5.41, 5.74) is 2.88. The number of rotatable bonds is 4. The van der Waals surface area contributed by atoms with E-state index < -0.39 is 0 Å². The summed E-state index contributed by atoms with van der Waals surface area (Å²) in [5, 5.41) is 12.2. The number of hydrogen-bond donors (Lipinski definition) is 0. The number of anilines is 1. The number of likely N-dealkylation sites (N-methyl/N-ethyl adjacent to an activating group) is 1. The predicted molar refractivity (Wildman–Crippen MR) is 112 cm³/mol. The lowest BCUT2D eigenvalue weighted by Gasteiger charge is -2.31. The highest BCUT2D eigenvalue weighted by Crippen LogP contribution is 2.29. The summed E-state index contributed by atoms with van der Waals surface area (Å²) in [5.74, 6) is 0. The number of nitrogens with zero attached hydrogens (tertiary/aromatic N) is 3. The van der Waals surface area contributed by atoms with Crippen molar-refractivity contribution in [2.75, 3.05) is 25.0 Å². The highest BCUT2D eigenvalue weighted by Gasteiger charge is 2.26. The van der Waals surface area contributed by atoms with Gasteiger partial charge in [0.05, 0.1) is 10.6 Å². The van der Waals surface area contributed by atoms with E-state index in [1.54, 1.807) is 0 Å². The number of halogens is 1. The molecule has 4 heteroatoms. The average Bonchev–Trinajstić information content (AvgIpc) is 3.12. The van der Waals surface area contributed by atoms with Gasteiger partial charge in [0.1, 0.15) is 6.07 Å². The fourth-order valence-corrected chi connectivity index (χ4v) is 4.12. The van der Waals surface area contributed by atoms with Crippen LogP contribution in [0, 0.1) is 11.3 Å². The highest BCUT2D eigenvalue weighted by molar-refractivity contribution is 6.32. The van der Waals surface area contributed by atoms with Gasteiger partial charge in [-0.3, -0.25) is 0 Å². The van der Waals surface area contributed by atoms with E-state index in [0.29, 0.717) is 16.6 Å². The first-order chi connectivity index (χ1) is 13.1. The van der Waals surface area contributed by atoms with E-state index in [1.807, 2.05) is 18.2 Å². The molecule has 3 aromatic rings. The Balaban J connectivity index is 1.69. The molecule has 0 aliphatic carbocycles. The molecule has 27 heavy (non-hydrogen) atoms. The van der Waals surface area contributed by atoms with Gasteiger partial charge >= 0.3 is 0 Å². The molecule has 4 rings (SSSR count). The summed E-state index contributed by atoms with van der Waals surface area (Å²) >= 11 is 6.33. The predicted octanol–water partition coefficient (Wildman–Crippen LogP) is 5.08. The molecule has 0 saturated carbocycles. The molecule has 0 amide bonds. The van der Waals surface area contributed by atoms with E-state index in [0.717, 1.165) is 31.7 Å². The molecule has 1 saturated heterocycles. The van der Waals surface area contributed by atoms with Crippen LogP contribution in [-0.2, 0) is 6.54 Å². The number of nitriles is 1. The fraction of sp³-hybridized carbons (Fsp3) is 0.261. The van der Waals surface area contributed by atoms with E-state index in [-0.39, 0.29) is 0 Å². The Labute approximate surface area is 165 Å². The minimum Gasteiger partial charge on any atom is -0.363 e. The van der Waals surface area contributed by atoms with Crippen molar-refractivity contribution in [3.05, 3.63) is 76.8 Å². The van der Waals surface area contributed by atoms with E-state index in [4.69, 9.17) is 11.6 Å². The van der Waals surface area contributed by atoms with E-state index >= 15 is 0 Å². The lowest BCUT2D eigenvalue weighted by Crippen LogP contribution is -2.36. The van der Waals surface area contributed by atoms with Crippen molar-refractivity contribution >= 4 is 28.1 Å². The fourth-order valence-electron chi connectivity index (χ4n) is 3.90. The van der Waals surface area contributed by atoms with Crippen molar-refractivity contribution in [2.24, 2.45) is 0 Å². The second-order valence-electron chi connectivity index (χ2n) is 7.29. The van der Waals surface area contributed by atoms with Crippen molar-refractivity contribution in [1.82, 2.24) is 4.90 Å². The topological polar surface area (TPSA) is 30.3 Å². The standard InChI is InChI=1S/C23H22ClN3/c1-26-11-10-22(16-26)27(21-9-8-20(14-25)23(24)13-21)15-17-6-7-18-4-2-3-5-19(18)12-17/h2-9,12-13,22H,10-11,15-16H2,1H3/t22-/m0/s1. The van der Waals surface area contributed by atoms with Crippen LogP contribution in [0.5, 0.6) is 0 Å². The summed E-state index contributed by atoms with van der Waals surface area (Å²) in [6.45, 7) is 2.96. The third-order valence-electron chi connectivity index (χ3n) is 5.38. The Kier molecular flexibility index (Phi) is 5.03. The summed E-state index contributed by atoms with van der Waals surface area (Å²) in [6.07, 6.45) is 1.13. The van der Waals surface area contributed by atoms with Gasteiger partial charge in [-0.2, -0.15) is 5.26 Å². The summed E-state index contributed by atoms with van der Waals surface area (Å²) in [6, 6.07) is 23.5. The molecule has 0 bridgehead atoms. The van der Waals surface area contributed by atoms with Crippen LogP contribution < -0.4 is 4.90 Å². The van der Waals surface area contributed by atoms with Crippen molar-refractivity contribution in [3.63, 3.8) is 0 Å². The van der Waals surface area contributed by atoms with Gasteiger partial charge in [-0.15, -0.1) is 0 Å². The van der Waals surface area contributed by atoms with E-state index in [2.05, 4.69) is 65.4 Å². The van der Waals surface area contributed by atoms with Gasteiger partial charge in [0.25, 0.3) is 0 Å². The molecule has 0 unspecified atom stereocenters. The third kappa shape index (κ3) is 3.78. The molecule has 136 valence electrons. The van der Waals surface area contributed by atoms with Crippen molar-refractivity contribution in [3.8, 4) is 6.07 Å². The van der Waals surface area contributed by atoms with Crippen LogP contribution in [0.15, 0.2) is 60.7 Å². The van der Waals surface area contributed by atoms with Gasteiger partial charge in [-0.25, -0.2) is 0 Å². The van der Waals surface area contributed by atoms with Crippen LogP contribution in [0.1, 0.15) is 17.5 Å². The molecular formula is C23H22ClN3. The van der Waals surface area contributed by atoms with Gasteiger partial charge in [-0.05, 0) is 60.6 Å². The van der Waals surface area contributed by atoms with Gasteiger partial charge in [-0.1, -0.05) is 48.0 Å². The molecule has 3 nitrogen and oxygen atoms in total. The maximum Gasteiger partial charge on any atom is 0.101 e. The lowest BCUT2D eigenvalue weighted by atomic mass is 10.1. The second-order valence-corrected chi connectivity index (χ2v) is 7.70. The van der Waals surface area contributed by atoms with Gasteiger partial charge < -0.3 is 9.80 Å². The highest BCUT2D eigenvalue weighted by atomic mass is 35.5. The zero-order valence-electron chi connectivity index (χ0n) is 15.4. The minimum atomic E-state index is 0.436. The van der Waals surface area contributed by atoms with Gasteiger partial charge in [0.15, 0.2) is 0 Å². The molecule has 0 N–H and O–H groups in total. The van der Waals surface area contributed by atoms with Crippen molar-refractivity contribution in [1.29, 1.82) is 5.26 Å². The molecule has 1 fully saturated rings. The Bertz CT molecular complexity index is 1010. The largest absolute Gasteiger partial charge is 0.363 e. The van der Waals surface area contributed by atoms with Crippen LogP contribution in [0.2, 0.25) is 5.02 Å². The zero-order chi connectivity index (χ0) is 18.8. The van der Waals surface area contributed by atoms with Gasteiger partial charge in [0, 0.05) is 24.8 Å². The first-order valence-corrected chi connectivity index (χ1v) is 9.64. The quantitative estimate of drug-likeness (QED) is 0.637. The number of fused-ring (bicyclic) bond motifs is 1. The maximum atomic E-state index is 9.18. The monoisotopic (exact) mass is 375 g/mol. The number of likely N-dealkylation sites (tertiary alicyclic amines) is 1. The molecule has 1 aliphatic rings. The van der Waals surface area contributed by atoms with Crippen LogP contribution in [0.25, 0.3) is 10.8 Å². The van der Waals surface area contributed by atoms with Gasteiger partial charge in [0.2, 0.25) is 0 Å². The Morgan fingerprint density at radius 3 is 2.63 bits per heavy atom. The molecule has 0 spiro atoms. The van der Waals surface area contributed by atoms with Crippen LogP contribution >= 0.6 is 11.6 Å². The maximum absolute atomic E-state index is 9.18. The molecule has 1 atom stereocenters. The Morgan fingerprint density at radius 1 is 1.11 bits per heavy atom. The first-order valence-electron chi connectivity index (χ1n) is 9.26. The Hall–Kier alpha value is -2.54. The Morgan fingerprint density at radius 2 is 1.93 bits per heavy atom. The summed E-state index contributed by atoms with van der Waals surface area (Å²) in [7, 11) is 2.17. The molecule has 3 aromatic carbocycles. The summed E-state index contributed by atoms with van der Waals surface area (Å²) in [4.78, 5) is 4.80. The number of hydrogen-bond acceptors (Lipinski definition) is 3. The molecule has 1 aliphatic heterocycles. The minimum absolute atomic E-state index is 0.436. The SMILES string of the molecule is CN1CC[C@H](N(Cc2ccc3ccccc3c2)c2ccc(C#N)c(Cl)c2)C1. The normalized spacial score (nSPS) is 17.1. The average molecular weight is 376 g/mol. The lowest BCUT2D eigenvalue weighted by molar-refractivity contribution is 0.407. The third-order valence-corrected chi connectivity index (χ3v) is 5.69. The summed E-state index contributed by atoms with van der Waals surface area (Å²) < 4.78 is 0. The molecule has 0 radical (unpaired) electrons. The molecule has 1 heterocycles. The van der Waals surface area contributed by atoms with Crippen molar-refractivity contribution < 1.29 is 0 Å². The van der Waals surface area contributed by atoms with E-state index in [1.165, 1.54) is 16.3 Å². The van der Waals surface area contributed by atoms with E-state index in [9.17, 15) is 5.26 Å². The van der Waals surface area contributed by atoms with Crippen LogP contribution in [-0.4, -0.2) is 31.1 Å².